The number of morpholine rings is 1. The van der Waals surface area contributed by atoms with Crippen LogP contribution in [0, 0.1) is 0 Å². The van der Waals surface area contributed by atoms with E-state index in [-0.39, 0.29) is 17.8 Å². The summed E-state index contributed by atoms with van der Waals surface area (Å²) in [6.45, 7) is 3.06. The number of anilines is 1. The van der Waals surface area contributed by atoms with Gasteiger partial charge in [-0.15, -0.1) is 0 Å². The minimum absolute atomic E-state index is 0.0814. The Morgan fingerprint density at radius 3 is 2.68 bits per heavy atom. The van der Waals surface area contributed by atoms with Crippen LogP contribution in [0.25, 0.3) is 16.9 Å². The highest BCUT2D eigenvalue weighted by molar-refractivity contribution is 6.00. The second-order valence-electron chi connectivity index (χ2n) is 7.83. The van der Waals surface area contributed by atoms with E-state index in [2.05, 4.69) is 25.3 Å². The molecule has 0 spiro atoms. The third-order valence-electron chi connectivity index (χ3n) is 5.63. The molecule has 1 N–H and O–H groups in total. The maximum absolute atomic E-state index is 13.6. The van der Waals surface area contributed by atoms with Gasteiger partial charge in [0.15, 0.2) is 5.65 Å². The second-order valence-corrected chi connectivity index (χ2v) is 7.83. The van der Waals surface area contributed by atoms with Crippen molar-refractivity contribution in [2.75, 3.05) is 31.2 Å². The van der Waals surface area contributed by atoms with E-state index in [1.165, 1.54) is 16.8 Å². The lowest BCUT2D eigenvalue weighted by Gasteiger charge is -2.28. The second kappa shape index (κ2) is 9.52. The average Bonchev–Trinajstić information content (AvgIpc) is 3.32. The van der Waals surface area contributed by atoms with Crippen molar-refractivity contribution in [3.05, 3.63) is 77.7 Å². The minimum atomic E-state index is -2.78. The molecule has 5 rings (SSSR count). The van der Waals surface area contributed by atoms with E-state index in [4.69, 9.17) is 4.74 Å². The number of nitrogens with one attached hydrogen (secondary N) is 1. The number of hydrogen-bond donors (Lipinski definition) is 1. The van der Waals surface area contributed by atoms with Gasteiger partial charge in [-0.1, -0.05) is 30.3 Å². The smallest absolute Gasteiger partial charge is 0.280 e. The first-order chi connectivity index (χ1) is 16.6. The molecule has 0 atom stereocenters. The van der Waals surface area contributed by atoms with Crippen molar-refractivity contribution in [3.8, 4) is 11.3 Å². The van der Waals surface area contributed by atoms with Gasteiger partial charge in [0.1, 0.15) is 17.1 Å². The lowest BCUT2D eigenvalue weighted by atomic mass is 10.1. The highest BCUT2D eigenvalue weighted by atomic mass is 19.3. The summed E-state index contributed by atoms with van der Waals surface area (Å²) >= 11 is 0. The van der Waals surface area contributed by atoms with Crippen molar-refractivity contribution >= 4 is 17.4 Å². The molecule has 4 aromatic rings. The van der Waals surface area contributed by atoms with E-state index < -0.39 is 18.0 Å². The molecule has 1 saturated heterocycles. The van der Waals surface area contributed by atoms with Gasteiger partial charge in [-0.2, -0.15) is 5.10 Å². The predicted molar refractivity (Wildman–Crippen MR) is 122 cm³/mol. The molecule has 34 heavy (non-hydrogen) atoms. The third kappa shape index (κ3) is 4.44. The first kappa shape index (κ1) is 21.9. The summed E-state index contributed by atoms with van der Waals surface area (Å²) in [6, 6.07) is 14.1. The molecule has 4 heterocycles. The molecule has 3 aromatic heterocycles. The fourth-order valence-electron chi connectivity index (χ4n) is 3.88. The molecule has 0 radical (unpaired) electrons. The van der Waals surface area contributed by atoms with Crippen LogP contribution in [0.3, 0.4) is 0 Å². The zero-order chi connectivity index (χ0) is 23.5. The summed E-state index contributed by atoms with van der Waals surface area (Å²) in [5.74, 6) is 0.374. The van der Waals surface area contributed by atoms with Gasteiger partial charge in [0.2, 0.25) is 0 Å². The van der Waals surface area contributed by atoms with Crippen molar-refractivity contribution in [1.82, 2.24) is 24.9 Å². The molecular formula is C24H22F2N6O2. The van der Waals surface area contributed by atoms with Gasteiger partial charge in [0, 0.05) is 31.4 Å². The monoisotopic (exact) mass is 464 g/mol. The summed E-state index contributed by atoms with van der Waals surface area (Å²) < 4.78 is 34.0. The van der Waals surface area contributed by atoms with Crippen LogP contribution in [0.5, 0.6) is 0 Å². The summed E-state index contributed by atoms with van der Waals surface area (Å²) in [5.41, 5.74) is 1.79. The minimum Gasteiger partial charge on any atom is -0.378 e. The van der Waals surface area contributed by atoms with Crippen LogP contribution in [0.4, 0.5) is 14.6 Å². The summed E-state index contributed by atoms with van der Waals surface area (Å²) in [6.07, 6.45) is 0.267. The van der Waals surface area contributed by atoms with Crippen LogP contribution in [-0.2, 0) is 11.3 Å². The molecule has 1 amide bonds. The van der Waals surface area contributed by atoms with Crippen molar-refractivity contribution in [1.29, 1.82) is 0 Å². The zero-order valence-corrected chi connectivity index (χ0v) is 18.2. The first-order valence-corrected chi connectivity index (χ1v) is 10.9. The Kier molecular flexibility index (Phi) is 6.13. The summed E-state index contributed by atoms with van der Waals surface area (Å²) in [5, 5.41) is 7.11. The van der Waals surface area contributed by atoms with Gasteiger partial charge in [-0.25, -0.2) is 23.3 Å². The SMILES string of the molecule is O=C(NCc1ccnc(N2CCOCC2)c1)c1cnn2c(-c3ccccc3)cc(C(F)F)nc12. The Morgan fingerprint density at radius 2 is 1.91 bits per heavy atom. The number of carbonyl (C=O) groups is 1. The molecule has 0 saturated carbocycles. The molecule has 1 fully saturated rings. The van der Waals surface area contributed by atoms with Crippen LogP contribution < -0.4 is 10.2 Å². The van der Waals surface area contributed by atoms with E-state index in [0.29, 0.717) is 24.5 Å². The molecule has 1 aromatic carbocycles. The zero-order valence-electron chi connectivity index (χ0n) is 18.2. The number of rotatable bonds is 6. The van der Waals surface area contributed by atoms with Gasteiger partial charge >= 0.3 is 0 Å². The third-order valence-corrected chi connectivity index (χ3v) is 5.63. The highest BCUT2D eigenvalue weighted by Gasteiger charge is 2.21. The first-order valence-electron chi connectivity index (χ1n) is 10.9. The van der Waals surface area contributed by atoms with Crippen molar-refractivity contribution < 1.29 is 18.3 Å². The Hall–Kier alpha value is -3.92. The number of ether oxygens (including phenoxy) is 1. The standard InChI is InChI=1S/C24H22F2N6O2/c25-22(26)19-13-20(17-4-2-1-3-5-17)32-23(30-19)18(15-29-32)24(33)28-14-16-6-7-27-21(12-16)31-8-10-34-11-9-31/h1-7,12-13,15,22H,8-11,14H2,(H,28,33). The van der Waals surface area contributed by atoms with E-state index in [1.54, 1.807) is 30.5 Å². The van der Waals surface area contributed by atoms with Crippen LogP contribution in [0.15, 0.2) is 60.9 Å². The van der Waals surface area contributed by atoms with E-state index >= 15 is 0 Å². The van der Waals surface area contributed by atoms with Gasteiger partial charge in [-0.3, -0.25) is 4.79 Å². The quantitative estimate of drug-likeness (QED) is 0.470. The lowest BCUT2D eigenvalue weighted by molar-refractivity contribution is 0.0952. The average molecular weight is 464 g/mol. The summed E-state index contributed by atoms with van der Waals surface area (Å²) in [7, 11) is 0. The molecule has 0 aliphatic carbocycles. The maximum Gasteiger partial charge on any atom is 0.280 e. The van der Waals surface area contributed by atoms with Gasteiger partial charge in [0.05, 0.1) is 25.1 Å². The molecule has 174 valence electrons. The fourth-order valence-corrected chi connectivity index (χ4v) is 3.88. The molecule has 1 aliphatic heterocycles. The van der Waals surface area contributed by atoms with E-state index in [1.807, 2.05) is 18.2 Å². The lowest BCUT2D eigenvalue weighted by Crippen LogP contribution is -2.36. The van der Waals surface area contributed by atoms with E-state index in [0.717, 1.165) is 24.5 Å². The Morgan fingerprint density at radius 1 is 1.12 bits per heavy atom. The van der Waals surface area contributed by atoms with Gasteiger partial charge < -0.3 is 15.0 Å². The Bertz CT molecular complexity index is 1310. The molecule has 0 unspecified atom stereocenters. The number of hydrogen-bond acceptors (Lipinski definition) is 6. The van der Waals surface area contributed by atoms with Crippen molar-refractivity contribution in [2.45, 2.75) is 13.0 Å². The van der Waals surface area contributed by atoms with Crippen LogP contribution >= 0.6 is 0 Å². The number of alkyl halides is 2. The number of aromatic nitrogens is 4. The number of benzene rings is 1. The Balaban J connectivity index is 1.40. The number of halogens is 2. The fraction of sp³-hybridized carbons (Fsp3) is 0.250. The van der Waals surface area contributed by atoms with E-state index in [9.17, 15) is 13.6 Å². The largest absolute Gasteiger partial charge is 0.378 e. The maximum atomic E-state index is 13.6. The highest BCUT2D eigenvalue weighted by Crippen LogP contribution is 2.27. The summed E-state index contributed by atoms with van der Waals surface area (Å²) in [4.78, 5) is 23.5. The predicted octanol–water partition coefficient (Wildman–Crippen LogP) is 3.50. The number of nitrogens with zero attached hydrogens (tertiary/aromatic N) is 5. The normalized spacial score (nSPS) is 14.0. The van der Waals surface area contributed by atoms with Crippen molar-refractivity contribution in [2.24, 2.45) is 0 Å². The van der Waals surface area contributed by atoms with Crippen molar-refractivity contribution in [3.63, 3.8) is 0 Å². The van der Waals surface area contributed by atoms with Gasteiger partial charge in [-0.05, 0) is 23.8 Å². The number of amides is 1. The van der Waals surface area contributed by atoms with Crippen LogP contribution in [-0.4, -0.2) is 51.8 Å². The number of pyridine rings is 1. The van der Waals surface area contributed by atoms with Crippen LogP contribution in [0.1, 0.15) is 28.0 Å². The van der Waals surface area contributed by atoms with Gasteiger partial charge in [0.25, 0.3) is 12.3 Å². The number of fused-ring (bicyclic) bond motifs is 1. The topological polar surface area (TPSA) is 84.7 Å². The number of carbonyl (C=O) groups excluding carboxylic acids is 1. The Labute approximate surface area is 194 Å². The molecule has 0 bridgehead atoms. The molecule has 10 heteroatoms. The molecule has 8 nitrogen and oxygen atoms in total. The molecular weight excluding hydrogens is 442 g/mol. The van der Waals surface area contributed by atoms with Crippen LogP contribution in [0.2, 0.25) is 0 Å². The molecule has 1 aliphatic rings.